The van der Waals surface area contributed by atoms with E-state index in [1.165, 1.54) is 0 Å². The standard InChI is InChI=1S/C12H11Cl2N5/c1-2-18-4-3-10(17-18)19-11(6-13)16-9-5-8(14)7-15-12(9)19/h3-5,7H,2,6H2,1H3. The van der Waals surface area contributed by atoms with Gasteiger partial charge in [-0.2, -0.15) is 5.10 Å². The quantitative estimate of drug-likeness (QED) is 0.698. The number of imidazole rings is 1. The van der Waals surface area contributed by atoms with E-state index in [-0.39, 0.29) is 5.88 Å². The van der Waals surface area contributed by atoms with Gasteiger partial charge in [0, 0.05) is 25.0 Å². The summed E-state index contributed by atoms with van der Waals surface area (Å²) in [5.41, 5.74) is 1.43. The molecule has 3 aromatic heterocycles. The normalized spacial score (nSPS) is 11.3. The fourth-order valence-corrected chi connectivity index (χ4v) is 2.30. The highest BCUT2D eigenvalue weighted by atomic mass is 35.5. The summed E-state index contributed by atoms with van der Waals surface area (Å²) in [7, 11) is 0. The van der Waals surface area contributed by atoms with Gasteiger partial charge in [-0.15, -0.1) is 11.6 Å². The summed E-state index contributed by atoms with van der Waals surface area (Å²) >= 11 is 11.9. The van der Waals surface area contributed by atoms with Crippen LogP contribution in [-0.4, -0.2) is 24.3 Å². The van der Waals surface area contributed by atoms with Crippen LogP contribution < -0.4 is 0 Å². The molecule has 3 heterocycles. The summed E-state index contributed by atoms with van der Waals surface area (Å²) in [4.78, 5) is 8.76. The van der Waals surface area contributed by atoms with Gasteiger partial charge in [-0.3, -0.25) is 9.25 Å². The van der Waals surface area contributed by atoms with Crippen molar-refractivity contribution >= 4 is 34.4 Å². The van der Waals surface area contributed by atoms with Gasteiger partial charge in [0.05, 0.1) is 10.9 Å². The van der Waals surface area contributed by atoms with Gasteiger partial charge in [0.2, 0.25) is 0 Å². The molecule has 5 nitrogen and oxygen atoms in total. The Morgan fingerprint density at radius 2 is 2.21 bits per heavy atom. The van der Waals surface area contributed by atoms with E-state index in [0.29, 0.717) is 22.0 Å². The molecule has 0 saturated carbocycles. The molecule has 0 N–H and O–H groups in total. The van der Waals surface area contributed by atoms with Crippen molar-refractivity contribution in [1.82, 2.24) is 24.3 Å². The second-order valence-corrected chi connectivity index (χ2v) is 4.73. The lowest BCUT2D eigenvalue weighted by molar-refractivity contribution is 0.652. The topological polar surface area (TPSA) is 48.5 Å². The highest BCUT2D eigenvalue weighted by Crippen LogP contribution is 2.22. The van der Waals surface area contributed by atoms with E-state index >= 15 is 0 Å². The Morgan fingerprint density at radius 1 is 1.37 bits per heavy atom. The summed E-state index contributed by atoms with van der Waals surface area (Å²) in [6.45, 7) is 2.84. The van der Waals surface area contributed by atoms with Crippen LogP contribution in [0.5, 0.6) is 0 Å². The molecule has 0 aliphatic carbocycles. The summed E-state index contributed by atoms with van der Waals surface area (Å²) in [5.74, 6) is 1.75. The van der Waals surface area contributed by atoms with Gasteiger partial charge in [0.15, 0.2) is 11.5 Å². The largest absolute Gasteiger partial charge is 0.271 e. The number of nitrogens with zero attached hydrogens (tertiary/aromatic N) is 5. The molecule has 98 valence electrons. The van der Waals surface area contributed by atoms with Gasteiger partial charge in [-0.25, -0.2) is 9.97 Å². The summed E-state index contributed by atoms with van der Waals surface area (Å²) < 4.78 is 3.69. The smallest absolute Gasteiger partial charge is 0.166 e. The number of aromatic nitrogens is 5. The first-order chi connectivity index (χ1) is 9.22. The maximum atomic E-state index is 5.96. The fraction of sp³-hybridized carbons (Fsp3) is 0.250. The molecule has 0 fully saturated rings. The predicted octanol–water partition coefficient (Wildman–Crippen LogP) is 3.03. The molecule has 3 rings (SSSR count). The van der Waals surface area contributed by atoms with Crippen LogP contribution in [0.1, 0.15) is 12.7 Å². The number of pyridine rings is 1. The van der Waals surface area contributed by atoms with Crippen LogP contribution in [0.3, 0.4) is 0 Å². The second-order valence-electron chi connectivity index (χ2n) is 4.02. The lowest BCUT2D eigenvalue weighted by atomic mass is 10.4. The lowest BCUT2D eigenvalue weighted by Crippen LogP contribution is -2.03. The molecule has 0 bridgehead atoms. The minimum absolute atomic E-state index is 0.285. The monoisotopic (exact) mass is 295 g/mol. The molecule has 0 aliphatic rings. The van der Waals surface area contributed by atoms with Gasteiger partial charge in [0.1, 0.15) is 11.3 Å². The van der Waals surface area contributed by atoms with E-state index in [2.05, 4.69) is 15.1 Å². The average Bonchev–Trinajstić information content (AvgIpc) is 3.00. The van der Waals surface area contributed by atoms with Crippen LogP contribution in [0.4, 0.5) is 0 Å². The minimum atomic E-state index is 0.285. The third-order valence-electron chi connectivity index (χ3n) is 2.83. The molecule has 0 aliphatic heterocycles. The predicted molar refractivity (Wildman–Crippen MR) is 74.9 cm³/mol. The molecule has 0 spiro atoms. The van der Waals surface area contributed by atoms with Crippen molar-refractivity contribution in [2.24, 2.45) is 0 Å². The molecule has 7 heteroatoms. The van der Waals surface area contributed by atoms with Crippen molar-refractivity contribution < 1.29 is 0 Å². The van der Waals surface area contributed by atoms with Crippen molar-refractivity contribution in [3.63, 3.8) is 0 Å². The van der Waals surface area contributed by atoms with Crippen LogP contribution in [0.2, 0.25) is 5.02 Å². The Morgan fingerprint density at radius 3 is 2.89 bits per heavy atom. The first-order valence-corrected chi connectivity index (χ1v) is 6.77. The fourth-order valence-electron chi connectivity index (χ4n) is 1.96. The number of halogens is 2. The zero-order valence-electron chi connectivity index (χ0n) is 10.2. The Hall–Kier alpha value is -1.59. The molecular weight excluding hydrogens is 285 g/mol. The van der Waals surface area contributed by atoms with Crippen molar-refractivity contribution in [2.45, 2.75) is 19.3 Å². The SMILES string of the molecule is CCn1ccc(-n2c(CCl)nc3cc(Cl)cnc32)n1. The van der Waals surface area contributed by atoms with Gasteiger partial charge in [-0.05, 0) is 13.0 Å². The van der Waals surface area contributed by atoms with Crippen LogP contribution in [0.15, 0.2) is 24.5 Å². The Balaban J connectivity index is 2.25. The Kier molecular flexibility index (Phi) is 3.16. The van der Waals surface area contributed by atoms with Crippen molar-refractivity contribution in [3.8, 4) is 5.82 Å². The van der Waals surface area contributed by atoms with E-state index in [0.717, 1.165) is 12.4 Å². The molecule has 3 aromatic rings. The summed E-state index contributed by atoms with van der Waals surface area (Å²) in [6, 6.07) is 3.68. The molecule has 0 unspecified atom stereocenters. The second kappa shape index (κ2) is 4.83. The maximum Gasteiger partial charge on any atom is 0.166 e. The number of fused-ring (bicyclic) bond motifs is 1. The molecule has 19 heavy (non-hydrogen) atoms. The van der Waals surface area contributed by atoms with E-state index in [4.69, 9.17) is 23.2 Å². The highest BCUT2D eigenvalue weighted by molar-refractivity contribution is 6.31. The molecule has 0 atom stereocenters. The average molecular weight is 296 g/mol. The van der Waals surface area contributed by atoms with E-state index < -0.39 is 0 Å². The van der Waals surface area contributed by atoms with E-state index in [9.17, 15) is 0 Å². The van der Waals surface area contributed by atoms with E-state index in [1.807, 2.05) is 28.4 Å². The number of hydrogen-bond donors (Lipinski definition) is 0. The Bertz CT molecular complexity index is 731. The highest BCUT2D eigenvalue weighted by Gasteiger charge is 2.15. The van der Waals surface area contributed by atoms with Gasteiger partial charge >= 0.3 is 0 Å². The van der Waals surface area contributed by atoms with Crippen molar-refractivity contribution in [2.75, 3.05) is 0 Å². The van der Waals surface area contributed by atoms with Gasteiger partial charge in [0.25, 0.3) is 0 Å². The zero-order chi connectivity index (χ0) is 13.4. The van der Waals surface area contributed by atoms with Crippen LogP contribution >= 0.6 is 23.2 Å². The Labute approximate surface area is 119 Å². The molecule has 0 saturated heterocycles. The summed E-state index contributed by atoms with van der Waals surface area (Å²) in [6.07, 6.45) is 3.51. The van der Waals surface area contributed by atoms with Gasteiger partial charge in [-0.1, -0.05) is 11.6 Å². The number of alkyl halides is 1. The van der Waals surface area contributed by atoms with Crippen molar-refractivity contribution in [3.05, 3.63) is 35.4 Å². The van der Waals surface area contributed by atoms with Crippen LogP contribution in [0.25, 0.3) is 17.0 Å². The molecule has 0 aromatic carbocycles. The third-order valence-corrected chi connectivity index (χ3v) is 3.28. The lowest BCUT2D eigenvalue weighted by Gasteiger charge is -2.02. The van der Waals surface area contributed by atoms with Crippen LogP contribution in [-0.2, 0) is 12.4 Å². The molecule has 0 radical (unpaired) electrons. The van der Waals surface area contributed by atoms with Gasteiger partial charge < -0.3 is 0 Å². The summed E-state index contributed by atoms with van der Waals surface area (Å²) in [5, 5.41) is 5.01. The number of hydrogen-bond acceptors (Lipinski definition) is 3. The minimum Gasteiger partial charge on any atom is -0.271 e. The maximum absolute atomic E-state index is 5.96. The first-order valence-electron chi connectivity index (χ1n) is 5.85. The number of rotatable bonds is 3. The zero-order valence-corrected chi connectivity index (χ0v) is 11.7. The van der Waals surface area contributed by atoms with Crippen molar-refractivity contribution in [1.29, 1.82) is 0 Å². The third kappa shape index (κ3) is 2.09. The van der Waals surface area contributed by atoms with Crippen LogP contribution in [0, 0.1) is 0 Å². The first kappa shape index (κ1) is 12.4. The molecular formula is C12H11Cl2N5. The number of aryl methyl sites for hydroxylation is 1. The van der Waals surface area contributed by atoms with E-state index in [1.54, 1.807) is 12.3 Å². The molecule has 0 amide bonds.